The second kappa shape index (κ2) is 2.95. The van der Waals surface area contributed by atoms with Gasteiger partial charge in [-0.1, -0.05) is 0 Å². The molecule has 2 aromatic heterocycles. The van der Waals surface area contributed by atoms with E-state index in [-0.39, 0.29) is 22.6 Å². The van der Waals surface area contributed by atoms with Gasteiger partial charge < -0.3 is 10.8 Å². The normalized spacial score (nSPS) is 10.1. The molecule has 7 nitrogen and oxygen atoms in total. The number of carbonyl (C=O) groups is 1. The van der Waals surface area contributed by atoms with Crippen molar-refractivity contribution < 1.29 is 9.90 Å². The zero-order valence-corrected chi connectivity index (χ0v) is 7.38. The molecule has 3 N–H and O–H groups in total. The first-order valence-corrected chi connectivity index (χ1v) is 3.90. The largest absolute Gasteiger partial charge is 0.476 e. The summed E-state index contributed by atoms with van der Waals surface area (Å²) in [6.07, 6.45) is 2.67. The standard InChI is InChI=1S/C8H5N5O2/c9-1-4-2-11-7-5(10)6(8(14)15)12-13(7)3-4/h2-3H,10H2,(H,14,15). The zero-order valence-electron chi connectivity index (χ0n) is 7.38. The van der Waals surface area contributed by atoms with Crippen LogP contribution < -0.4 is 5.73 Å². The van der Waals surface area contributed by atoms with Gasteiger partial charge in [0, 0.05) is 6.20 Å². The molecular weight excluding hydrogens is 198 g/mol. The molecule has 0 atom stereocenters. The van der Waals surface area contributed by atoms with Crippen LogP contribution in [0.15, 0.2) is 12.4 Å². The Morgan fingerprint density at radius 1 is 1.67 bits per heavy atom. The van der Waals surface area contributed by atoms with Gasteiger partial charge in [0.05, 0.1) is 11.8 Å². The third kappa shape index (κ3) is 1.24. The Hall–Kier alpha value is -2.62. The molecule has 2 heterocycles. The Morgan fingerprint density at radius 3 is 3.00 bits per heavy atom. The maximum atomic E-state index is 10.7. The van der Waals surface area contributed by atoms with Crippen molar-refractivity contribution >= 4 is 17.3 Å². The number of carboxylic acid groups (broad SMARTS) is 1. The van der Waals surface area contributed by atoms with Crippen LogP contribution in [0.5, 0.6) is 0 Å². The highest BCUT2D eigenvalue weighted by molar-refractivity contribution is 5.95. The highest BCUT2D eigenvalue weighted by atomic mass is 16.4. The van der Waals surface area contributed by atoms with E-state index in [0.717, 1.165) is 0 Å². The smallest absolute Gasteiger partial charge is 0.358 e. The predicted molar refractivity (Wildman–Crippen MR) is 49.1 cm³/mol. The average Bonchev–Trinajstić information content (AvgIpc) is 2.55. The summed E-state index contributed by atoms with van der Waals surface area (Å²) >= 11 is 0. The van der Waals surface area contributed by atoms with Gasteiger partial charge in [0.15, 0.2) is 11.3 Å². The van der Waals surface area contributed by atoms with Crippen LogP contribution in [-0.4, -0.2) is 25.7 Å². The first kappa shape index (κ1) is 8.96. The fourth-order valence-corrected chi connectivity index (χ4v) is 1.17. The number of nitrogen functional groups attached to an aromatic ring is 1. The summed E-state index contributed by atoms with van der Waals surface area (Å²) in [6.45, 7) is 0. The summed E-state index contributed by atoms with van der Waals surface area (Å²) < 4.78 is 1.18. The molecule has 0 aliphatic rings. The first-order chi connectivity index (χ1) is 7.13. The lowest BCUT2D eigenvalue weighted by molar-refractivity contribution is 0.0691. The van der Waals surface area contributed by atoms with Gasteiger partial charge in [-0.15, -0.1) is 0 Å². The van der Waals surface area contributed by atoms with Gasteiger partial charge in [0.2, 0.25) is 0 Å². The summed E-state index contributed by atoms with van der Waals surface area (Å²) in [5.41, 5.74) is 5.76. The van der Waals surface area contributed by atoms with Gasteiger partial charge in [-0.3, -0.25) is 0 Å². The number of fused-ring (bicyclic) bond motifs is 1. The summed E-state index contributed by atoms with van der Waals surface area (Å²) in [5, 5.41) is 21.0. The van der Waals surface area contributed by atoms with Crippen LogP contribution in [-0.2, 0) is 0 Å². The second-order valence-electron chi connectivity index (χ2n) is 2.79. The van der Waals surface area contributed by atoms with Crippen molar-refractivity contribution in [3.05, 3.63) is 23.7 Å². The van der Waals surface area contributed by atoms with Crippen molar-refractivity contribution in [1.82, 2.24) is 14.6 Å². The molecule has 0 fully saturated rings. The van der Waals surface area contributed by atoms with E-state index in [4.69, 9.17) is 16.1 Å². The Bertz CT molecular complexity index is 595. The molecule has 0 saturated heterocycles. The highest BCUT2D eigenvalue weighted by Crippen LogP contribution is 2.16. The van der Waals surface area contributed by atoms with Crippen molar-refractivity contribution in [2.45, 2.75) is 0 Å². The van der Waals surface area contributed by atoms with E-state index in [1.165, 1.54) is 16.9 Å². The van der Waals surface area contributed by atoms with E-state index >= 15 is 0 Å². The van der Waals surface area contributed by atoms with Crippen LogP contribution in [0.3, 0.4) is 0 Å². The number of hydrogen-bond acceptors (Lipinski definition) is 5. The number of hydrogen-bond donors (Lipinski definition) is 2. The average molecular weight is 203 g/mol. The quantitative estimate of drug-likeness (QED) is 0.667. The maximum Gasteiger partial charge on any atom is 0.358 e. The Labute approximate surface area is 83.4 Å². The van der Waals surface area contributed by atoms with E-state index in [1.807, 2.05) is 6.07 Å². The van der Waals surface area contributed by atoms with Crippen molar-refractivity contribution in [3.8, 4) is 6.07 Å². The molecule has 0 amide bonds. The zero-order chi connectivity index (χ0) is 11.0. The van der Waals surface area contributed by atoms with Crippen molar-refractivity contribution in [2.75, 3.05) is 5.73 Å². The van der Waals surface area contributed by atoms with E-state index in [1.54, 1.807) is 0 Å². The molecular formula is C8H5N5O2. The van der Waals surface area contributed by atoms with Crippen LogP contribution >= 0.6 is 0 Å². The topological polar surface area (TPSA) is 117 Å². The minimum Gasteiger partial charge on any atom is -0.476 e. The predicted octanol–water partition coefficient (Wildman–Crippen LogP) is -0.119. The summed E-state index contributed by atoms with van der Waals surface area (Å²) in [7, 11) is 0. The summed E-state index contributed by atoms with van der Waals surface area (Å²) in [6, 6.07) is 1.87. The van der Waals surface area contributed by atoms with Gasteiger partial charge >= 0.3 is 5.97 Å². The number of aromatic carboxylic acids is 1. The molecule has 7 heteroatoms. The minimum atomic E-state index is -1.23. The van der Waals surface area contributed by atoms with E-state index in [0.29, 0.717) is 0 Å². The number of aromatic nitrogens is 3. The van der Waals surface area contributed by atoms with Crippen LogP contribution in [0.1, 0.15) is 16.1 Å². The highest BCUT2D eigenvalue weighted by Gasteiger charge is 2.16. The van der Waals surface area contributed by atoms with Crippen LogP contribution in [0, 0.1) is 11.3 Å². The fraction of sp³-hybridized carbons (Fsp3) is 0. The molecule has 74 valence electrons. The third-order valence-corrected chi connectivity index (χ3v) is 1.84. The molecule has 2 aromatic rings. The minimum absolute atomic E-state index is 0.00742. The number of nitrogens with two attached hydrogens (primary N) is 1. The van der Waals surface area contributed by atoms with Gasteiger partial charge in [-0.2, -0.15) is 10.4 Å². The Kier molecular flexibility index (Phi) is 1.76. The van der Waals surface area contributed by atoms with Crippen LogP contribution in [0.4, 0.5) is 5.69 Å². The summed E-state index contributed by atoms with van der Waals surface area (Å²) in [5.74, 6) is -1.23. The van der Waals surface area contributed by atoms with Crippen molar-refractivity contribution in [3.63, 3.8) is 0 Å². The molecule has 0 radical (unpaired) electrons. The molecule has 0 aliphatic carbocycles. The van der Waals surface area contributed by atoms with Crippen LogP contribution in [0.2, 0.25) is 0 Å². The molecule has 15 heavy (non-hydrogen) atoms. The molecule has 0 spiro atoms. The van der Waals surface area contributed by atoms with Crippen molar-refractivity contribution in [2.24, 2.45) is 0 Å². The molecule has 0 unspecified atom stereocenters. The van der Waals surface area contributed by atoms with Gasteiger partial charge in [-0.25, -0.2) is 14.3 Å². The lowest BCUT2D eigenvalue weighted by Gasteiger charge is -1.91. The van der Waals surface area contributed by atoms with Gasteiger partial charge in [-0.05, 0) is 0 Å². The fourth-order valence-electron chi connectivity index (χ4n) is 1.17. The number of anilines is 1. The monoisotopic (exact) mass is 203 g/mol. The summed E-state index contributed by atoms with van der Waals surface area (Å²) in [4.78, 5) is 14.5. The Morgan fingerprint density at radius 2 is 2.40 bits per heavy atom. The second-order valence-corrected chi connectivity index (χ2v) is 2.79. The molecule has 0 saturated carbocycles. The van der Waals surface area contributed by atoms with Gasteiger partial charge in [0.1, 0.15) is 11.8 Å². The molecule has 2 rings (SSSR count). The van der Waals surface area contributed by atoms with Gasteiger partial charge in [0.25, 0.3) is 0 Å². The van der Waals surface area contributed by atoms with Crippen LogP contribution in [0.25, 0.3) is 5.65 Å². The van der Waals surface area contributed by atoms with E-state index in [2.05, 4.69) is 10.1 Å². The SMILES string of the molecule is N#Cc1cnc2c(N)c(C(=O)O)nn2c1. The molecule has 0 aromatic carbocycles. The lowest BCUT2D eigenvalue weighted by Crippen LogP contribution is -2.01. The van der Waals surface area contributed by atoms with Crippen molar-refractivity contribution in [1.29, 1.82) is 5.26 Å². The molecule has 0 bridgehead atoms. The number of nitriles is 1. The third-order valence-electron chi connectivity index (χ3n) is 1.84. The Balaban J connectivity index is 2.77. The number of carboxylic acids is 1. The number of rotatable bonds is 1. The van der Waals surface area contributed by atoms with E-state index < -0.39 is 5.97 Å². The van der Waals surface area contributed by atoms with E-state index in [9.17, 15) is 4.79 Å². The lowest BCUT2D eigenvalue weighted by atomic mass is 10.3. The molecule has 0 aliphatic heterocycles. The maximum absolute atomic E-state index is 10.7. The number of nitrogens with zero attached hydrogens (tertiary/aromatic N) is 4. The first-order valence-electron chi connectivity index (χ1n) is 3.90.